The largest absolute Gasteiger partial charge is 0.489 e. The quantitative estimate of drug-likeness (QED) is 0.339. The molecule has 0 bridgehead atoms. The van der Waals surface area contributed by atoms with Crippen molar-refractivity contribution in [2.24, 2.45) is 0 Å². The van der Waals surface area contributed by atoms with Crippen molar-refractivity contribution in [2.45, 2.75) is 6.61 Å². The second-order valence-corrected chi connectivity index (χ2v) is 8.32. The van der Waals surface area contributed by atoms with E-state index in [1.807, 2.05) is 48.5 Å². The second kappa shape index (κ2) is 9.07. The van der Waals surface area contributed by atoms with E-state index in [0.29, 0.717) is 32.7 Å². The molecule has 1 aliphatic heterocycles. The van der Waals surface area contributed by atoms with Gasteiger partial charge in [-0.25, -0.2) is 0 Å². The summed E-state index contributed by atoms with van der Waals surface area (Å²) < 4.78 is 6.30. The number of hydrogen-bond acceptors (Lipinski definition) is 5. The fraction of sp³-hybridized carbons (Fsp3) is 0.0417. The molecule has 0 aliphatic carbocycles. The number of thiocarbonyl (C=S) groups is 1. The Hall–Kier alpha value is -3.22. The van der Waals surface area contributed by atoms with Gasteiger partial charge in [0.1, 0.15) is 16.7 Å². The molecule has 1 heterocycles. The highest BCUT2D eigenvalue weighted by Gasteiger charge is 2.21. The van der Waals surface area contributed by atoms with Gasteiger partial charge in [-0.2, -0.15) is 0 Å². The normalized spacial score (nSPS) is 14.6. The first-order valence-corrected chi connectivity index (χ1v) is 10.5. The van der Waals surface area contributed by atoms with Gasteiger partial charge in [0.25, 0.3) is 5.91 Å². The fourth-order valence-corrected chi connectivity index (χ4v) is 3.95. The lowest BCUT2D eigenvalue weighted by atomic mass is 10.0. The summed E-state index contributed by atoms with van der Waals surface area (Å²) in [6, 6.07) is 24.1. The van der Waals surface area contributed by atoms with E-state index in [2.05, 4.69) is 5.32 Å². The standard InChI is InChI=1S/C24H17NO3S2/c26-22(18-4-2-1-3-5-18)19-10-12-20(13-11-19)28-15-17-8-6-16(7-9-17)14-21-23(27)25-24(29)30-21/h1-14H,15H2,(H,25,27,29)/b21-14+. The van der Waals surface area contributed by atoms with Crippen LogP contribution in [0.25, 0.3) is 6.08 Å². The Balaban J connectivity index is 1.36. The third kappa shape index (κ3) is 4.84. The van der Waals surface area contributed by atoms with Gasteiger partial charge in [-0.1, -0.05) is 78.6 Å². The van der Waals surface area contributed by atoms with E-state index in [4.69, 9.17) is 17.0 Å². The van der Waals surface area contributed by atoms with Crippen LogP contribution in [-0.4, -0.2) is 16.0 Å². The Morgan fingerprint density at radius 3 is 2.23 bits per heavy atom. The molecular formula is C24H17NO3S2. The van der Waals surface area contributed by atoms with E-state index < -0.39 is 0 Å². The van der Waals surface area contributed by atoms with Crippen LogP contribution in [0.5, 0.6) is 5.75 Å². The number of ketones is 1. The van der Waals surface area contributed by atoms with Crippen molar-refractivity contribution < 1.29 is 14.3 Å². The summed E-state index contributed by atoms with van der Waals surface area (Å²) in [6.07, 6.45) is 1.81. The summed E-state index contributed by atoms with van der Waals surface area (Å²) in [5.41, 5.74) is 3.21. The molecule has 1 aliphatic rings. The average Bonchev–Trinajstić information content (AvgIpc) is 3.10. The summed E-state index contributed by atoms with van der Waals surface area (Å²) in [5.74, 6) is 0.520. The molecule has 3 aromatic carbocycles. The van der Waals surface area contributed by atoms with Gasteiger partial charge in [0.2, 0.25) is 0 Å². The van der Waals surface area contributed by atoms with Crippen LogP contribution in [0.3, 0.4) is 0 Å². The summed E-state index contributed by atoms with van der Waals surface area (Å²) >= 11 is 6.26. The number of ether oxygens (including phenoxy) is 1. The fourth-order valence-electron chi connectivity index (χ4n) is 2.91. The molecular weight excluding hydrogens is 414 g/mol. The van der Waals surface area contributed by atoms with Crippen molar-refractivity contribution in [3.05, 3.63) is 106 Å². The maximum Gasteiger partial charge on any atom is 0.263 e. The lowest BCUT2D eigenvalue weighted by molar-refractivity contribution is -0.115. The smallest absolute Gasteiger partial charge is 0.263 e. The van der Waals surface area contributed by atoms with Crippen molar-refractivity contribution in [2.75, 3.05) is 0 Å². The first kappa shape index (κ1) is 20.1. The first-order chi connectivity index (χ1) is 14.6. The summed E-state index contributed by atoms with van der Waals surface area (Å²) in [7, 11) is 0. The van der Waals surface area contributed by atoms with Gasteiger partial charge in [-0.15, -0.1) is 0 Å². The van der Waals surface area contributed by atoms with Crippen LogP contribution in [0.15, 0.2) is 83.8 Å². The second-order valence-electron chi connectivity index (χ2n) is 6.60. The zero-order valence-corrected chi connectivity index (χ0v) is 17.5. The summed E-state index contributed by atoms with van der Waals surface area (Å²) in [5, 5.41) is 2.60. The van der Waals surface area contributed by atoms with Gasteiger partial charge in [-0.05, 0) is 41.5 Å². The van der Waals surface area contributed by atoms with Crippen LogP contribution >= 0.6 is 24.0 Å². The summed E-state index contributed by atoms with van der Waals surface area (Å²) in [4.78, 5) is 24.8. The Morgan fingerprint density at radius 1 is 0.933 bits per heavy atom. The number of rotatable bonds is 6. The number of amides is 1. The lowest BCUT2D eigenvalue weighted by Crippen LogP contribution is -2.17. The number of thioether (sulfide) groups is 1. The molecule has 0 atom stereocenters. The highest BCUT2D eigenvalue weighted by atomic mass is 32.2. The van der Waals surface area contributed by atoms with Crippen molar-refractivity contribution >= 4 is 46.1 Å². The maximum absolute atomic E-state index is 12.5. The monoisotopic (exact) mass is 431 g/mol. The zero-order valence-electron chi connectivity index (χ0n) is 15.8. The van der Waals surface area contributed by atoms with Crippen LogP contribution < -0.4 is 10.1 Å². The van der Waals surface area contributed by atoms with E-state index >= 15 is 0 Å². The Bertz CT molecular complexity index is 1120. The van der Waals surface area contributed by atoms with Crippen LogP contribution in [0.4, 0.5) is 0 Å². The first-order valence-electron chi connectivity index (χ1n) is 9.25. The van der Waals surface area contributed by atoms with Crippen molar-refractivity contribution in [1.29, 1.82) is 0 Å². The Kier molecular flexibility index (Phi) is 6.07. The van der Waals surface area contributed by atoms with Gasteiger partial charge in [0.15, 0.2) is 5.78 Å². The third-order valence-corrected chi connectivity index (χ3v) is 5.64. The lowest BCUT2D eigenvalue weighted by Gasteiger charge is -2.08. The summed E-state index contributed by atoms with van der Waals surface area (Å²) in [6.45, 7) is 0.405. The molecule has 6 heteroatoms. The van der Waals surface area contributed by atoms with Crippen LogP contribution in [0.2, 0.25) is 0 Å². The van der Waals surface area contributed by atoms with Crippen molar-refractivity contribution in [3.63, 3.8) is 0 Å². The highest BCUT2D eigenvalue weighted by Crippen LogP contribution is 2.26. The van der Waals surface area contributed by atoms with E-state index in [1.165, 1.54) is 11.8 Å². The van der Waals surface area contributed by atoms with Crippen LogP contribution in [0, 0.1) is 0 Å². The van der Waals surface area contributed by atoms with Gasteiger partial charge >= 0.3 is 0 Å². The molecule has 1 fully saturated rings. The Morgan fingerprint density at radius 2 is 1.60 bits per heavy atom. The number of benzene rings is 3. The third-order valence-electron chi connectivity index (χ3n) is 4.48. The minimum atomic E-state index is -0.161. The van der Waals surface area contributed by atoms with E-state index in [0.717, 1.165) is 11.1 Å². The molecule has 1 saturated heterocycles. The molecule has 0 aromatic heterocycles. The maximum atomic E-state index is 12.5. The molecule has 1 amide bonds. The van der Waals surface area contributed by atoms with Gasteiger partial charge < -0.3 is 10.1 Å². The average molecular weight is 432 g/mol. The van der Waals surface area contributed by atoms with E-state index in [1.54, 1.807) is 36.4 Å². The van der Waals surface area contributed by atoms with Gasteiger partial charge in [0.05, 0.1) is 4.91 Å². The molecule has 0 spiro atoms. The van der Waals surface area contributed by atoms with E-state index in [-0.39, 0.29) is 11.7 Å². The molecule has 0 saturated carbocycles. The van der Waals surface area contributed by atoms with Gasteiger partial charge in [-0.3, -0.25) is 9.59 Å². The number of nitrogens with one attached hydrogen (secondary N) is 1. The SMILES string of the molecule is O=C1NC(=S)S/C1=C/c1ccc(COc2ccc(C(=O)c3ccccc3)cc2)cc1. The molecule has 4 rings (SSSR count). The molecule has 3 aromatic rings. The highest BCUT2D eigenvalue weighted by molar-refractivity contribution is 8.26. The number of carbonyl (C=O) groups is 2. The molecule has 4 nitrogen and oxygen atoms in total. The zero-order chi connectivity index (χ0) is 20.9. The van der Waals surface area contributed by atoms with Crippen LogP contribution in [-0.2, 0) is 11.4 Å². The molecule has 0 unspecified atom stereocenters. The van der Waals surface area contributed by atoms with Gasteiger partial charge in [0, 0.05) is 11.1 Å². The number of carbonyl (C=O) groups excluding carboxylic acids is 2. The topological polar surface area (TPSA) is 55.4 Å². The minimum absolute atomic E-state index is 0.0123. The Labute approximate surface area is 184 Å². The van der Waals surface area contributed by atoms with Crippen LogP contribution in [0.1, 0.15) is 27.0 Å². The molecule has 30 heavy (non-hydrogen) atoms. The molecule has 148 valence electrons. The van der Waals surface area contributed by atoms with E-state index in [9.17, 15) is 9.59 Å². The predicted octanol–water partition coefficient (Wildman–Crippen LogP) is 4.99. The minimum Gasteiger partial charge on any atom is -0.489 e. The molecule has 0 radical (unpaired) electrons. The van der Waals surface area contributed by atoms with Crippen molar-refractivity contribution in [3.8, 4) is 5.75 Å². The number of hydrogen-bond donors (Lipinski definition) is 1. The predicted molar refractivity (Wildman–Crippen MR) is 123 cm³/mol. The van der Waals surface area contributed by atoms with Crippen molar-refractivity contribution in [1.82, 2.24) is 5.32 Å². The molecule has 1 N–H and O–H groups in total.